The van der Waals surface area contributed by atoms with Gasteiger partial charge >= 0.3 is 0 Å². The largest absolute Gasteiger partial charge is 0.365 e. The average molecular weight is 394 g/mol. The SMILES string of the molecule is Cc1c(Cc2ccccc2)sc(NC(=O)C=Cc2ccc(F)cc2)c1C(N)=O. The van der Waals surface area contributed by atoms with Crippen LogP contribution in [-0.4, -0.2) is 11.8 Å². The first-order valence-corrected chi connectivity index (χ1v) is 9.46. The van der Waals surface area contributed by atoms with Gasteiger partial charge in [0.15, 0.2) is 0 Å². The molecule has 0 unspecified atom stereocenters. The zero-order valence-electron chi connectivity index (χ0n) is 15.2. The van der Waals surface area contributed by atoms with E-state index in [1.807, 2.05) is 37.3 Å². The molecule has 0 atom stereocenters. The maximum Gasteiger partial charge on any atom is 0.251 e. The van der Waals surface area contributed by atoms with Crippen molar-refractivity contribution in [2.45, 2.75) is 13.3 Å². The molecule has 0 bridgehead atoms. The van der Waals surface area contributed by atoms with Gasteiger partial charge in [0.2, 0.25) is 5.91 Å². The summed E-state index contributed by atoms with van der Waals surface area (Å²) in [6.07, 6.45) is 3.56. The van der Waals surface area contributed by atoms with Gasteiger partial charge in [-0.1, -0.05) is 42.5 Å². The molecule has 3 N–H and O–H groups in total. The molecule has 0 saturated carbocycles. The molecule has 28 heavy (non-hydrogen) atoms. The minimum atomic E-state index is -0.578. The molecule has 0 spiro atoms. The summed E-state index contributed by atoms with van der Waals surface area (Å²) in [7, 11) is 0. The second-order valence-corrected chi connectivity index (χ2v) is 7.36. The fraction of sp³-hybridized carbons (Fsp3) is 0.0909. The number of amides is 2. The number of carbonyl (C=O) groups excluding carboxylic acids is 2. The number of thiophene rings is 1. The number of carbonyl (C=O) groups is 2. The molecule has 0 aliphatic heterocycles. The highest BCUT2D eigenvalue weighted by Crippen LogP contribution is 2.34. The lowest BCUT2D eigenvalue weighted by Crippen LogP contribution is -2.16. The van der Waals surface area contributed by atoms with Gasteiger partial charge in [-0.2, -0.15) is 0 Å². The first-order valence-electron chi connectivity index (χ1n) is 8.64. The number of hydrogen-bond acceptors (Lipinski definition) is 3. The van der Waals surface area contributed by atoms with E-state index in [4.69, 9.17) is 5.73 Å². The van der Waals surface area contributed by atoms with Crippen LogP contribution in [0.1, 0.15) is 31.9 Å². The van der Waals surface area contributed by atoms with Gasteiger partial charge in [0.25, 0.3) is 5.91 Å². The molecule has 0 aliphatic carbocycles. The maximum atomic E-state index is 12.9. The van der Waals surface area contributed by atoms with Gasteiger partial charge in [0.1, 0.15) is 10.8 Å². The van der Waals surface area contributed by atoms with Gasteiger partial charge in [0.05, 0.1) is 5.56 Å². The molecule has 2 aromatic carbocycles. The molecule has 0 fully saturated rings. The first-order chi connectivity index (χ1) is 13.4. The van der Waals surface area contributed by atoms with Crippen molar-refractivity contribution < 1.29 is 14.0 Å². The highest BCUT2D eigenvalue weighted by molar-refractivity contribution is 7.17. The Kier molecular flexibility index (Phi) is 6.01. The van der Waals surface area contributed by atoms with Crippen LogP contribution in [0.2, 0.25) is 0 Å². The molecule has 1 heterocycles. The Morgan fingerprint density at radius 1 is 1.11 bits per heavy atom. The molecular weight excluding hydrogens is 375 g/mol. The van der Waals surface area contributed by atoms with Crippen molar-refractivity contribution in [3.05, 3.63) is 93.6 Å². The number of benzene rings is 2. The van der Waals surface area contributed by atoms with E-state index < -0.39 is 5.91 Å². The van der Waals surface area contributed by atoms with Crippen LogP contribution in [0.15, 0.2) is 60.7 Å². The summed E-state index contributed by atoms with van der Waals surface area (Å²) in [6.45, 7) is 1.83. The van der Waals surface area contributed by atoms with Crippen LogP contribution in [0.3, 0.4) is 0 Å². The monoisotopic (exact) mass is 394 g/mol. The highest BCUT2D eigenvalue weighted by atomic mass is 32.1. The predicted molar refractivity (Wildman–Crippen MR) is 111 cm³/mol. The standard InChI is InChI=1S/C22H19FN2O2S/c1-14-18(13-16-5-3-2-4-6-16)28-22(20(14)21(24)27)25-19(26)12-9-15-7-10-17(23)11-8-15/h2-12H,13H2,1H3,(H2,24,27)(H,25,26). The van der Waals surface area contributed by atoms with Crippen molar-refractivity contribution in [1.29, 1.82) is 0 Å². The molecule has 0 aliphatic rings. The molecule has 0 radical (unpaired) electrons. The van der Waals surface area contributed by atoms with Crippen LogP contribution in [0.4, 0.5) is 9.39 Å². The van der Waals surface area contributed by atoms with Gasteiger partial charge in [-0.3, -0.25) is 9.59 Å². The fourth-order valence-corrected chi connectivity index (χ4v) is 4.04. The topological polar surface area (TPSA) is 72.2 Å². The van der Waals surface area contributed by atoms with Gasteiger partial charge < -0.3 is 11.1 Å². The van der Waals surface area contributed by atoms with E-state index in [1.54, 1.807) is 18.2 Å². The van der Waals surface area contributed by atoms with E-state index in [0.29, 0.717) is 22.5 Å². The Hall–Kier alpha value is -3.25. The fourth-order valence-electron chi connectivity index (χ4n) is 2.79. The number of halogens is 1. The highest BCUT2D eigenvalue weighted by Gasteiger charge is 2.20. The summed E-state index contributed by atoms with van der Waals surface area (Å²) < 4.78 is 12.9. The minimum Gasteiger partial charge on any atom is -0.365 e. The lowest BCUT2D eigenvalue weighted by atomic mass is 10.1. The third-order valence-corrected chi connectivity index (χ3v) is 5.44. The molecule has 2 amide bonds. The van der Waals surface area contributed by atoms with Gasteiger partial charge in [-0.05, 0) is 41.8 Å². The second kappa shape index (κ2) is 8.63. The lowest BCUT2D eigenvalue weighted by molar-refractivity contribution is -0.111. The molecule has 0 saturated heterocycles. The molecule has 1 aromatic heterocycles. The van der Waals surface area contributed by atoms with Crippen LogP contribution in [-0.2, 0) is 11.2 Å². The molecule has 6 heteroatoms. The van der Waals surface area contributed by atoms with Gasteiger partial charge in [-0.25, -0.2) is 4.39 Å². The van der Waals surface area contributed by atoms with Gasteiger partial charge in [0, 0.05) is 17.4 Å². The van der Waals surface area contributed by atoms with Crippen LogP contribution in [0, 0.1) is 12.7 Å². The lowest BCUT2D eigenvalue weighted by Gasteiger charge is -2.02. The summed E-state index contributed by atoms with van der Waals surface area (Å²) in [5.74, 6) is -1.31. The number of nitrogens with one attached hydrogen (secondary N) is 1. The smallest absolute Gasteiger partial charge is 0.251 e. The molecule has 3 aromatic rings. The zero-order valence-corrected chi connectivity index (χ0v) is 16.1. The number of primary amides is 1. The van der Waals surface area contributed by atoms with Crippen molar-refractivity contribution in [2.24, 2.45) is 5.73 Å². The summed E-state index contributed by atoms with van der Waals surface area (Å²) in [6, 6.07) is 15.6. The summed E-state index contributed by atoms with van der Waals surface area (Å²) in [5.41, 5.74) is 8.45. The van der Waals surface area contributed by atoms with Crippen molar-refractivity contribution in [3.8, 4) is 0 Å². The second-order valence-electron chi connectivity index (χ2n) is 6.26. The Bertz CT molecular complexity index is 1020. The summed E-state index contributed by atoms with van der Waals surface area (Å²) in [4.78, 5) is 25.2. The third-order valence-electron chi connectivity index (χ3n) is 4.23. The van der Waals surface area contributed by atoms with Crippen LogP contribution < -0.4 is 11.1 Å². The zero-order chi connectivity index (χ0) is 20.1. The number of rotatable bonds is 6. The average Bonchev–Trinajstić information content (AvgIpc) is 2.97. The van der Waals surface area contributed by atoms with Crippen molar-refractivity contribution in [2.75, 3.05) is 5.32 Å². The first kappa shape index (κ1) is 19.5. The van der Waals surface area contributed by atoms with Gasteiger partial charge in [-0.15, -0.1) is 11.3 Å². The quantitative estimate of drug-likeness (QED) is 0.603. The molecule has 3 rings (SSSR count). The van der Waals surface area contributed by atoms with E-state index >= 15 is 0 Å². The van der Waals surface area contributed by atoms with E-state index in [0.717, 1.165) is 16.0 Å². The Morgan fingerprint density at radius 3 is 2.43 bits per heavy atom. The van der Waals surface area contributed by atoms with Crippen LogP contribution in [0.5, 0.6) is 0 Å². The Labute approximate surface area is 166 Å². The Morgan fingerprint density at radius 2 is 1.79 bits per heavy atom. The van der Waals surface area contributed by atoms with Crippen LogP contribution in [0.25, 0.3) is 6.08 Å². The molecule has 142 valence electrons. The normalized spacial score (nSPS) is 10.9. The third kappa shape index (κ3) is 4.72. The number of hydrogen-bond donors (Lipinski definition) is 2. The maximum absolute atomic E-state index is 12.9. The minimum absolute atomic E-state index is 0.333. The van der Waals surface area contributed by atoms with E-state index in [-0.39, 0.29) is 11.7 Å². The summed E-state index contributed by atoms with van der Waals surface area (Å²) >= 11 is 1.34. The number of anilines is 1. The molecule has 4 nitrogen and oxygen atoms in total. The molecular formula is C22H19FN2O2S. The Balaban J connectivity index is 1.80. The van der Waals surface area contributed by atoms with Crippen molar-refractivity contribution in [1.82, 2.24) is 0 Å². The summed E-state index contributed by atoms with van der Waals surface area (Å²) in [5, 5.41) is 3.17. The van der Waals surface area contributed by atoms with E-state index in [1.165, 1.54) is 29.5 Å². The van der Waals surface area contributed by atoms with E-state index in [9.17, 15) is 14.0 Å². The number of nitrogens with two attached hydrogens (primary N) is 1. The predicted octanol–water partition coefficient (Wildman–Crippen LogP) is 4.54. The van der Waals surface area contributed by atoms with E-state index in [2.05, 4.69) is 5.32 Å². The van der Waals surface area contributed by atoms with Crippen LogP contribution >= 0.6 is 11.3 Å². The van der Waals surface area contributed by atoms with Crippen molar-refractivity contribution in [3.63, 3.8) is 0 Å². The van der Waals surface area contributed by atoms with Crippen molar-refractivity contribution >= 4 is 34.2 Å².